The summed E-state index contributed by atoms with van der Waals surface area (Å²) in [4.78, 5) is 14.3. The first kappa shape index (κ1) is 11.3. The van der Waals surface area contributed by atoms with E-state index in [-0.39, 0.29) is 6.04 Å². The van der Waals surface area contributed by atoms with Gasteiger partial charge in [0.05, 0.1) is 6.04 Å². The van der Waals surface area contributed by atoms with E-state index in [2.05, 4.69) is 17.1 Å². The van der Waals surface area contributed by atoms with Gasteiger partial charge in [-0.1, -0.05) is 6.42 Å². The van der Waals surface area contributed by atoms with Crippen molar-refractivity contribution in [1.82, 2.24) is 10.2 Å². The Hall–Kier alpha value is -0.220. The first-order valence-corrected chi connectivity index (χ1v) is 7.06. The SMILES string of the molecule is CC1CSCCN1C(=O)[C@@H]1CCCCN1. The van der Waals surface area contributed by atoms with Crippen molar-refractivity contribution in [2.45, 2.75) is 38.3 Å². The van der Waals surface area contributed by atoms with E-state index in [9.17, 15) is 4.79 Å². The smallest absolute Gasteiger partial charge is 0.239 e. The highest BCUT2D eigenvalue weighted by molar-refractivity contribution is 7.99. The van der Waals surface area contributed by atoms with Gasteiger partial charge in [0.2, 0.25) is 5.91 Å². The molecule has 15 heavy (non-hydrogen) atoms. The Labute approximate surface area is 96.0 Å². The number of rotatable bonds is 1. The van der Waals surface area contributed by atoms with Gasteiger partial charge in [-0.25, -0.2) is 0 Å². The normalized spacial score (nSPS) is 32.7. The predicted octanol–water partition coefficient (Wildman–Crippen LogP) is 1.09. The first-order chi connectivity index (χ1) is 7.29. The van der Waals surface area contributed by atoms with Gasteiger partial charge in [-0.3, -0.25) is 4.79 Å². The molecule has 0 spiro atoms. The maximum atomic E-state index is 12.2. The van der Waals surface area contributed by atoms with Gasteiger partial charge in [0.25, 0.3) is 0 Å². The van der Waals surface area contributed by atoms with E-state index >= 15 is 0 Å². The summed E-state index contributed by atoms with van der Waals surface area (Å²) in [5.41, 5.74) is 0. The number of hydrogen-bond acceptors (Lipinski definition) is 3. The Bertz CT molecular complexity index is 229. The third-order valence-electron chi connectivity index (χ3n) is 3.26. The van der Waals surface area contributed by atoms with Gasteiger partial charge in [-0.2, -0.15) is 11.8 Å². The van der Waals surface area contributed by atoms with Crippen LogP contribution in [0.4, 0.5) is 0 Å². The van der Waals surface area contributed by atoms with Crippen LogP contribution in [0.2, 0.25) is 0 Å². The van der Waals surface area contributed by atoms with Gasteiger partial charge >= 0.3 is 0 Å². The second-order valence-corrected chi connectivity index (χ2v) is 5.61. The Morgan fingerprint density at radius 2 is 2.33 bits per heavy atom. The van der Waals surface area contributed by atoms with Gasteiger partial charge in [0, 0.05) is 24.1 Å². The van der Waals surface area contributed by atoms with Gasteiger partial charge in [-0.15, -0.1) is 0 Å². The van der Waals surface area contributed by atoms with Crippen LogP contribution in [-0.2, 0) is 4.79 Å². The van der Waals surface area contributed by atoms with Crippen molar-refractivity contribution in [3.63, 3.8) is 0 Å². The third-order valence-corrected chi connectivity index (χ3v) is 4.45. The zero-order chi connectivity index (χ0) is 10.7. The third kappa shape index (κ3) is 2.67. The van der Waals surface area contributed by atoms with E-state index in [0.29, 0.717) is 11.9 Å². The Kier molecular flexibility index (Phi) is 3.92. The van der Waals surface area contributed by atoms with E-state index in [1.54, 1.807) is 0 Å². The van der Waals surface area contributed by atoms with Crippen LogP contribution in [0.25, 0.3) is 0 Å². The highest BCUT2D eigenvalue weighted by Gasteiger charge is 2.29. The van der Waals surface area contributed by atoms with Gasteiger partial charge in [-0.05, 0) is 26.3 Å². The molecule has 2 fully saturated rings. The molecular weight excluding hydrogens is 208 g/mol. The summed E-state index contributed by atoms with van der Waals surface area (Å²) in [6.45, 7) is 4.10. The zero-order valence-corrected chi connectivity index (χ0v) is 10.2. The van der Waals surface area contributed by atoms with Gasteiger partial charge in [0.1, 0.15) is 0 Å². The maximum Gasteiger partial charge on any atom is 0.239 e. The summed E-state index contributed by atoms with van der Waals surface area (Å²) < 4.78 is 0. The molecule has 0 aliphatic carbocycles. The molecule has 0 saturated carbocycles. The van der Waals surface area contributed by atoms with Crippen LogP contribution in [0, 0.1) is 0 Å². The average Bonchev–Trinajstić information content (AvgIpc) is 2.30. The molecular formula is C11H20N2OS. The highest BCUT2D eigenvalue weighted by atomic mass is 32.2. The number of nitrogens with zero attached hydrogens (tertiary/aromatic N) is 1. The lowest BCUT2D eigenvalue weighted by Crippen LogP contribution is -2.53. The van der Waals surface area contributed by atoms with E-state index in [1.807, 2.05) is 11.8 Å². The number of carbonyl (C=O) groups excluding carboxylic acids is 1. The highest BCUT2D eigenvalue weighted by Crippen LogP contribution is 2.19. The Morgan fingerprint density at radius 1 is 1.47 bits per heavy atom. The van der Waals surface area contributed by atoms with Crippen LogP contribution in [0.1, 0.15) is 26.2 Å². The lowest BCUT2D eigenvalue weighted by atomic mass is 10.0. The number of piperidine rings is 1. The molecule has 0 aromatic heterocycles. The van der Waals surface area contributed by atoms with Crippen molar-refractivity contribution < 1.29 is 4.79 Å². The molecule has 2 aliphatic rings. The summed E-state index contributed by atoms with van der Waals surface area (Å²) in [7, 11) is 0. The molecule has 4 heteroatoms. The molecule has 86 valence electrons. The largest absolute Gasteiger partial charge is 0.337 e. The fourth-order valence-corrected chi connectivity index (χ4v) is 3.33. The molecule has 1 N–H and O–H groups in total. The van der Waals surface area contributed by atoms with E-state index in [4.69, 9.17) is 0 Å². The second kappa shape index (κ2) is 5.21. The summed E-state index contributed by atoms with van der Waals surface area (Å²) in [5, 5.41) is 3.34. The number of thioether (sulfide) groups is 1. The van der Waals surface area contributed by atoms with Crippen LogP contribution in [0.15, 0.2) is 0 Å². The molecule has 0 radical (unpaired) electrons. The van der Waals surface area contributed by atoms with Crippen molar-refractivity contribution in [3.8, 4) is 0 Å². The predicted molar refractivity (Wildman–Crippen MR) is 64.1 cm³/mol. The topological polar surface area (TPSA) is 32.3 Å². The minimum atomic E-state index is 0.101. The monoisotopic (exact) mass is 228 g/mol. The van der Waals surface area contributed by atoms with E-state index < -0.39 is 0 Å². The fraction of sp³-hybridized carbons (Fsp3) is 0.909. The summed E-state index contributed by atoms with van der Waals surface area (Å²) >= 11 is 1.96. The first-order valence-electron chi connectivity index (χ1n) is 5.90. The average molecular weight is 228 g/mol. The van der Waals surface area contributed by atoms with Crippen molar-refractivity contribution in [2.24, 2.45) is 0 Å². The van der Waals surface area contributed by atoms with Crippen LogP contribution in [0.5, 0.6) is 0 Å². The molecule has 0 aromatic carbocycles. The van der Waals surface area contributed by atoms with Crippen molar-refractivity contribution in [3.05, 3.63) is 0 Å². The quantitative estimate of drug-likeness (QED) is 0.729. The summed E-state index contributed by atoms with van der Waals surface area (Å²) in [5.74, 6) is 2.53. The molecule has 2 heterocycles. The molecule has 2 saturated heterocycles. The molecule has 2 atom stereocenters. The van der Waals surface area contributed by atoms with Crippen molar-refractivity contribution >= 4 is 17.7 Å². The lowest BCUT2D eigenvalue weighted by molar-refractivity contribution is -0.135. The molecule has 2 aliphatic heterocycles. The lowest BCUT2D eigenvalue weighted by Gasteiger charge is -2.36. The molecule has 2 rings (SSSR count). The number of amides is 1. The zero-order valence-electron chi connectivity index (χ0n) is 9.37. The van der Waals surface area contributed by atoms with E-state index in [1.165, 1.54) is 12.8 Å². The molecule has 1 unspecified atom stereocenters. The standard InChI is InChI=1S/C11H20N2OS/c1-9-8-15-7-6-13(9)11(14)10-4-2-3-5-12-10/h9-10,12H,2-8H2,1H3/t9?,10-/m0/s1. The van der Waals surface area contributed by atoms with Gasteiger partial charge in [0.15, 0.2) is 0 Å². The summed E-state index contributed by atoms with van der Waals surface area (Å²) in [6.07, 6.45) is 3.44. The number of hydrogen-bond donors (Lipinski definition) is 1. The fourth-order valence-electron chi connectivity index (χ4n) is 2.32. The minimum Gasteiger partial charge on any atom is -0.337 e. The Morgan fingerprint density at radius 3 is 3.00 bits per heavy atom. The van der Waals surface area contributed by atoms with E-state index in [0.717, 1.165) is 31.0 Å². The van der Waals surface area contributed by atoms with Crippen LogP contribution >= 0.6 is 11.8 Å². The summed E-state index contributed by atoms with van der Waals surface area (Å²) in [6, 6.07) is 0.518. The van der Waals surface area contributed by atoms with Gasteiger partial charge < -0.3 is 10.2 Å². The molecule has 0 aromatic rings. The van der Waals surface area contributed by atoms with Crippen molar-refractivity contribution in [2.75, 3.05) is 24.6 Å². The van der Waals surface area contributed by atoms with Crippen molar-refractivity contribution in [1.29, 1.82) is 0 Å². The van der Waals surface area contributed by atoms with Crippen LogP contribution in [-0.4, -0.2) is 47.5 Å². The maximum absolute atomic E-state index is 12.2. The molecule has 3 nitrogen and oxygen atoms in total. The second-order valence-electron chi connectivity index (χ2n) is 4.46. The molecule has 1 amide bonds. The number of nitrogens with one attached hydrogen (secondary N) is 1. The van der Waals surface area contributed by atoms with Crippen LogP contribution in [0.3, 0.4) is 0 Å². The number of carbonyl (C=O) groups is 1. The Balaban J connectivity index is 1.92. The minimum absolute atomic E-state index is 0.101. The molecule has 0 bridgehead atoms. The van der Waals surface area contributed by atoms with Crippen LogP contribution < -0.4 is 5.32 Å².